The lowest BCUT2D eigenvalue weighted by Crippen LogP contribution is -2.28. The van der Waals surface area contributed by atoms with E-state index in [0.717, 1.165) is 0 Å². The maximum Gasteiger partial charge on any atom is 0.307 e. The van der Waals surface area contributed by atoms with Gasteiger partial charge in [0.2, 0.25) is 11.8 Å². The maximum atomic E-state index is 12.6. The van der Waals surface area contributed by atoms with Crippen LogP contribution in [0.25, 0.3) is 0 Å². The van der Waals surface area contributed by atoms with Gasteiger partial charge < -0.3 is 20.1 Å². The first-order valence-electron chi connectivity index (χ1n) is 9.11. The van der Waals surface area contributed by atoms with Gasteiger partial charge in [-0.05, 0) is 36.8 Å². The molecule has 7 heteroatoms. The van der Waals surface area contributed by atoms with Crippen LogP contribution in [0.4, 0.5) is 11.4 Å². The molecule has 0 aliphatic carbocycles. The Kier molecular flexibility index (Phi) is 5.93. The molecule has 7 nitrogen and oxygen atoms in total. The predicted octanol–water partition coefficient (Wildman–Crippen LogP) is 2.70. The zero-order valence-corrected chi connectivity index (χ0v) is 15.6. The summed E-state index contributed by atoms with van der Waals surface area (Å²) in [6, 6.07) is 13.9. The van der Waals surface area contributed by atoms with Gasteiger partial charge in [0, 0.05) is 18.7 Å². The molecule has 2 aromatic rings. The van der Waals surface area contributed by atoms with Gasteiger partial charge >= 0.3 is 5.97 Å². The van der Waals surface area contributed by atoms with Crippen molar-refractivity contribution in [1.82, 2.24) is 0 Å². The highest BCUT2D eigenvalue weighted by molar-refractivity contribution is 6.04. The number of para-hydroxylation sites is 2. The third-order valence-corrected chi connectivity index (χ3v) is 4.53. The molecule has 1 saturated heterocycles. The number of ether oxygens (including phenoxy) is 1. The van der Waals surface area contributed by atoms with Gasteiger partial charge in [0.15, 0.2) is 0 Å². The first-order chi connectivity index (χ1) is 13.5. The number of carboxylic acid groups (broad SMARTS) is 1. The van der Waals surface area contributed by atoms with Gasteiger partial charge in [-0.3, -0.25) is 14.4 Å². The normalized spacial score (nSPS) is 16.1. The Bertz CT molecular complexity index is 879. The molecule has 0 saturated carbocycles. The molecule has 1 heterocycles. The van der Waals surface area contributed by atoms with E-state index in [2.05, 4.69) is 5.32 Å². The van der Waals surface area contributed by atoms with Crippen LogP contribution >= 0.6 is 0 Å². The molecule has 0 aromatic heterocycles. The number of rotatable bonds is 7. The molecule has 1 unspecified atom stereocenters. The number of anilines is 2. The van der Waals surface area contributed by atoms with Gasteiger partial charge in [-0.2, -0.15) is 0 Å². The van der Waals surface area contributed by atoms with Crippen molar-refractivity contribution in [2.45, 2.75) is 19.8 Å². The topological polar surface area (TPSA) is 95.9 Å². The van der Waals surface area contributed by atoms with Crippen molar-refractivity contribution < 1.29 is 24.2 Å². The van der Waals surface area contributed by atoms with E-state index in [4.69, 9.17) is 9.84 Å². The summed E-state index contributed by atoms with van der Waals surface area (Å²) in [5.41, 5.74) is 1.89. The van der Waals surface area contributed by atoms with Crippen molar-refractivity contribution in [3.8, 4) is 5.75 Å². The lowest BCUT2D eigenvalue weighted by atomic mass is 10.1. The van der Waals surface area contributed by atoms with Gasteiger partial charge in [-0.15, -0.1) is 0 Å². The lowest BCUT2D eigenvalue weighted by molar-refractivity contribution is -0.136. The fourth-order valence-corrected chi connectivity index (χ4v) is 3.20. The second-order valence-electron chi connectivity index (χ2n) is 6.56. The fraction of sp³-hybridized carbons (Fsp3) is 0.286. The average molecular weight is 382 g/mol. The zero-order valence-electron chi connectivity index (χ0n) is 15.6. The summed E-state index contributed by atoms with van der Waals surface area (Å²) in [6.07, 6.45) is 0.0585. The summed E-state index contributed by atoms with van der Waals surface area (Å²) in [4.78, 5) is 37.4. The number of carbonyl (C=O) groups excluding carboxylic acids is 2. The molecule has 2 amide bonds. The molecule has 1 aliphatic rings. The first-order valence-corrected chi connectivity index (χ1v) is 9.11. The SMILES string of the molecule is CCOc1ccccc1N1CC(C(=O)Nc2ccc(CC(=O)O)cc2)CC1=O. The van der Waals surface area contributed by atoms with Crippen LogP contribution in [0, 0.1) is 5.92 Å². The van der Waals surface area contributed by atoms with Crippen LogP contribution in [0.5, 0.6) is 5.75 Å². The monoisotopic (exact) mass is 382 g/mol. The largest absolute Gasteiger partial charge is 0.492 e. The standard InChI is InChI=1S/C21H22N2O5/c1-2-28-18-6-4-3-5-17(18)23-13-15(12-19(23)24)21(27)22-16-9-7-14(8-10-16)11-20(25)26/h3-10,15H,2,11-13H2,1H3,(H,22,27)(H,25,26). The number of aliphatic carboxylic acids is 1. The van der Waals surface area contributed by atoms with Crippen LogP contribution in [0.15, 0.2) is 48.5 Å². The summed E-state index contributed by atoms with van der Waals surface area (Å²) in [7, 11) is 0. The molecule has 0 spiro atoms. The van der Waals surface area contributed by atoms with Crippen molar-refractivity contribution in [2.75, 3.05) is 23.4 Å². The van der Waals surface area contributed by atoms with Crippen LogP contribution < -0.4 is 15.0 Å². The smallest absolute Gasteiger partial charge is 0.307 e. The van der Waals surface area contributed by atoms with Crippen molar-refractivity contribution >= 4 is 29.2 Å². The lowest BCUT2D eigenvalue weighted by Gasteiger charge is -2.20. The molecule has 0 radical (unpaired) electrons. The van der Waals surface area contributed by atoms with E-state index in [9.17, 15) is 14.4 Å². The summed E-state index contributed by atoms with van der Waals surface area (Å²) in [5.74, 6) is -1.12. The zero-order chi connectivity index (χ0) is 20.1. The van der Waals surface area contributed by atoms with E-state index < -0.39 is 11.9 Å². The van der Waals surface area contributed by atoms with Crippen molar-refractivity contribution in [3.05, 3.63) is 54.1 Å². The third-order valence-electron chi connectivity index (χ3n) is 4.53. The Labute approximate surface area is 162 Å². The fourth-order valence-electron chi connectivity index (χ4n) is 3.20. The van der Waals surface area contributed by atoms with Crippen LogP contribution in [-0.4, -0.2) is 36.0 Å². The third kappa shape index (κ3) is 4.49. The number of amides is 2. The molecule has 146 valence electrons. The molecule has 0 bridgehead atoms. The van der Waals surface area contributed by atoms with E-state index in [0.29, 0.717) is 29.3 Å². The Balaban J connectivity index is 1.66. The number of hydrogen-bond acceptors (Lipinski definition) is 4. The Morgan fingerprint density at radius 2 is 1.89 bits per heavy atom. The number of nitrogens with zero attached hydrogens (tertiary/aromatic N) is 1. The molecule has 2 N–H and O–H groups in total. The minimum absolute atomic E-state index is 0.0699. The number of benzene rings is 2. The quantitative estimate of drug-likeness (QED) is 0.768. The molecule has 1 atom stereocenters. The van der Waals surface area contributed by atoms with E-state index in [-0.39, 0.29) is 31.2 Å². The highest BCUT2D eigenvalue weighted by Crippen LogP contribution is 2.33. The van der Waals surface area contributed by atoms with E-state index in [1.54, 1.807) is 35.2 Å². The van der Waals surface area contributed by atoms with Crippen molar-refractivity contribution in [2.24, 2.45) is 5.92 Å². The summed E-state index contributed by atoms with van der Waals surface area (Å²) in [6.45, 7) is 2.65. The van der Waals surface area contributed by atoms with Crippen LogP contribution in [0.3, 0.4) is 0 Å². The minimum atomic E-state index is -0.909. The van der Waals surface area contributed by atoms with Gasteiger partial charge in [0.1, 0.15) is 5.75 Å². The molecular formula is C21H22N2O5. The molecule has 2 aromatic carbocycles. The number of nitrogens with one attached hydrogen (secondary N) is 1. The highest BCUT2D eigenvalue weighted by Gasteiger charge is 2.36. The minimum Gasteiger partial charge on any atom is -0.492 e. The van der Waals surface area contributed by atoms with Gasteiger partial charge in [-0.25, -0.2) is 0 Å². The number of carboxylic acids is 1. The van der Waals surface area contributed by atoms with E-state index in [1.165, 1.54) is 0 Å². The summed E-state index contributed by atoms with van der Waals surface area (Å²) < 4.78 is 5.59. The Hall–Kier alpha value is -3.35. The molecule has 3 rings (SSSR count). The van der Waals surface area contributed by atoms with Gasteiger partial charge in [0.05, 0.1) is 24.6 Å². The molecule has 1 aliphatic heterocycles. The van der Waals surface area contributed by atoms with Crippen LogP contribution in [-0.2, 0) is 20.8 Å². The second kappa shape index (κ2) is 8.56. The predicted molar refractivity (Wildman–Crippen MR) is 104 cm³/mol. The Morgan fingerprint density at radius 3 is 2.57 bits per heavy atom. The molecule has 1 fully saturated rings. The molecular weight excluding hydrogens is 360 g/mol. The van der Waals surface area contributed by atoms with Crippen LogP contribution in [0.2, 0.25) is 0 Å². The Morgan fingerprint density at radius 1 is 1.18 bits per heavy atom. The summed E-state index contributed by atoms with van der Waals surface area (Å²) >= 11 is 0. The second-order valence-corrected chi connectivity index (χ2v) is 6.56. The number of carbonyl (C=O) groups is 3. The van der Waals surface area contributed by atoms with Crippen molar-refractivity contribution in [3.63, 3.8) is 0 Å². The van der Waals surface area contributed by atoms with Gasteiger partial charge in [-0.1, -0.05) is 24.3 Å². The number of hydrogen-bond donors (Lipinski definition) is 2. The van der Waals surface area contributed by atoms with E-state index >= 15 is 0 Å². The van der Waals surface area contributed by atoms with Crippen LogP contribution in [0.1, 0.15) is 18.9 Å². The van der Waals surface area contributed by atoms with E-state index in [1.807, 2.05) is 25.1 Å². The highest BCUT2D eigenvalue weighted by atomic mass is 16.5. The first kappa shape index (κ1) is 19.4. The van der Waals surface area contributed by atoms with Crippen molar-refractivity contribution in [1.29, 1.82) is 0 Å². The maximum absolute atomic E-state index is 12.6. The summed E-state index contributed by atoms with van der Waals surface area (Å²) in [5, 5.41) is 11.6. The average Bonchev–Trinajstić information content (AvgIpc) is 3.05. The van der Waals surface area contributed by atoms with Gasteiger partial charge in [0.25, 0.3) is 0 Å². The molecule has 28 heavy (non-hydrogen) atoms.